The van der Waals surface area contributed by atoms with E-state index in [9.17, 15) is 9.90 Å². The molecule has 0 saturated heterocycles. The second-order valence-corrected chi connectivity index (χ2v) is 6.69. The third kappa shape index (κ3) is 4.18. The average Bonchev–Trinajstić information content (AvgIpc) is 2.81. The molecule has 0 spiro atoms. The van der Waals surface area contributed by atoms with Gasteiger partial charge in [-0.05, 0) is 37.1 Å². The van der Waals surface area contributed by atoms with E-state index in [1.807, 2.05) is 48.5 Å². The minimum atomic E-state index is -1.76. The fourth-order valence-electron chi connectivity index (χ4n) is 3.73. The van der Waals surface area contributed by atoms with Crippen LogP contribution in [0.4, 0.5) is 0 Å². The molecule has 0 atom stereocenters. The number of nitrogens with zero attached hydrogens (tertiary/aromatic N) is 1. The summed E-state index contributed by atoms with van der Waals surface area (Å²) in [4.78, 5) is 15.3. The number of fused-ring (bicyclic) bond motifs is 2. The van der Waals surface area contributed by atoms with E-state index in [0.29, 0.717) is 17.7 Å². The molecule has 0 heterocycles. The molecular formula is C22H28ClNO3. The Bertz CT molecular complexity index is 726. The standard InChI is InChI=1S/C22H27NO3.ClH/c1-3-23(4-2)15-16-26-21(24)22(25)19-11-7-5-9-17(19)13-14-18-10-6-8-12-20(18)22;/h5-12,25H,3-4,13-16H2,1-2H3;1H. The topological polar surface area (TPSA) is 49.8 Å². The fraction of sp³-hybridized carbons (Fsp3) is 0.409. The summed E-state index contributed by atoms with van der Waals surface area (Å²) in [6.07, 6.45) is 1.59. The number of likely N-dealkylation sites (N-methyl/N-ethyl adjacent to an activating group) is 1. The van der Waals surface area contributed by atoms with Gasteiger partial charge in [-0.15, -0.1) is 12.4 Å². The van der Waals surface area contributed by atoms with E-state index in [1.165, 1.54) is 0 Å². The first-order chi connectivity index (χ1) is 12.6. The Labute approximate surface area is 167 Å². The molecule has 0 aliphatic heterocycles. The molecule has 0 saturated carbocycles. The number of rotatable bonds is 6. The fourth-order valence-corrected chi connectivity index (χ4v) is 3.73. The smallest absolute Gasteiger partial charge is 0.347 e. The molecule has 146 valence electrons. The number of hydrogen-bond acceptors (Lipinski definition) is 4. The normalized spacial score (nSPS) is 14.5. The van der Waals surface area contributed by atoms with Gasteiger partial charge in [-0.25, -0.2) is 4.79 Å². The van der Waals surface area contributed by atoms with E-state index >= 15 is 0 Å². The lowest BCUT2D eigenvalue weighted by molar-refractivity contribution is -0.162. The minimum Gasteiger partial charge on any atom is -0.462 e. The van der Waals surface area contributed by atoms with Crippen LogP contribution in [0.2, 0.25) is 0 Å². The molecular weight excluding hydrogens is 362 g/mol. The maximum atomic E-state index is 13.1. The molecule has 2 aromatic carbocycles. The summed E-state index contributed by atoms with van der Waals surface area (Å²) in [7, 11) is 0. The second-order valence-electron chi connectivity index (χ2n) is 6.69. The number of carbonyl (C=O) groups is 1. The summed E-state index contributed by atoms with van der Waals surface area (Å²) >= 11 is 0. The van der Waals surface area contributed by atoms with E-state index in [-0.39, 0.29) is 19.0 Å². The van der Waals surface area contributed by atoms with Gasteiger partial charge in [0.05, 0.1) is 0 Å². The Morgan fingerprint density at radius 2 is 1.48 bits per heavy atom. The highest BCUT2D eigenvalue weighted by Crippen LogP contribution is 2.38. The number of ether oxygens (including phenoxy) is 1. The monoisotopic (exact) mass is 389 g/mol. The summed E-state index contributed by atoms with van der Waals surface area (Å²) in [6, 6.07) is 15.3. The Kier molecular flexibility index (Phi) is 7.42. The molecule has 3 rings (SSSR count). The number of aliphatic hydroxyl groups is 1. The SMILES string of the molecule is CCN(CC)CCOC(=O)C1(O)c2ccccc2CCc2ccccc21.Cl. The lowest BCUT2D eigenvalue weighted by Gasteiger charge is -2.29. The van der Waals surface area contributed by atoms with Gasteiger partial charge in [0, 0.05) is 17.7 Å². The van der Waals surface area contributed by atoms with E-state index < -0.39 is 11.6 Å². The molecule has 5 heteroatoms. The largest absolute Gasteiger partial charge is 0.462 e. The first kappa shape index (κ1) is 21.4. The van der Waals surface area contributed by atoms with Crippen LogP contribution >= 0.6 is 12.4 Å². The Morgan fingerprint density at radius 3 is 1.96 bits per heavy atom. The molecule has 0 unspecified atom stereocenters. The molecule has 0 amide bonds. The predicted molar refractivity (Wildman–Crippen MR) is 109 cm³/mol. The molecule has 4 nitrogen and oxygen atoms in total. The van der Waals surface area contributed by atoms with Gasteiger partial charge in [0.1, 0.15) is 6.61 Å². The van der Waals surface area contributed by atoms with Crippen molar-refractivity contribution in [3.8, 4) is 0 Å². The zero-order chi connectivity index (χ0) is 18.6. The summed E-state index contributed by atoms with van der Waals surface area (Å²) < 4.78 is 5.56. The number of halogens is 1. The molecule has 27 heavy (non-hydrogen) atoms. The van der Waals surface area contributed by atoms with Crippen molar-refractivity contribution in [2.24, 2.45) is 0 Å². The predicted octanol–water partition coefficient (Wildman–Crippen LogP) is 3.33. The highest BCUT2D eigenvalue weighted by molar-refractivity contribution is 5.87. The van der Waals surface area contributed by atoms with Crippen molar-refractivity contribution in [1.82, 2.24) is 4.90 Å². The van der Waals surface area contributed by atoms with Crippen molar-refractivity contribution in [3.05, 3.63) is 70.8 Å². The Hall–Kier alpha value is -1.88. The zero-order valence-corrected chi connectivity index (χ0v) is 16.8. The van der Waals surface area contributed by atoms with Crippen LogP contribution in [-0.4, -0.2) is 42.2 Å². The maximum Gasteiger partial charge on any atom is 0.347 e. The molecule has 1 N–H and O–H groups in total. The Morgan fingerprint density at radius 1 is 1.00 bits per heavy atom. The first-order valence-electron chi connectivity index (χ1n) is 9.40. The molecule has 0 radical (unpaired) electrons. The van der Waals surface area contributed by atoms with Gasteiger partial charge < -0.3 is 14.7 Å². The maximum absolute atomic E-state index is 13.1. The number of hydrogen-bond donors (Lipinski definition) is 1. The van der Waals surface area contributed by atoms with Crippen molar-refractivity contribution in [2.45, 2.75) is 32.3 Å². The highest BCUT2D eigenvalue weighted by Gasteiger charge is 2.45. The highest BCUT2D eigenvalue weighted by atomic mass is 35.5. The molecule has 0 aromatic heterocycles. The summed E-state index contributed by atoms with van der Waals surface area (Å²) in [5.74, 6) is -0.591. The molecule has 2 aromatic rings. The van der Waals surface area contributed by atoms with Gasteiger partial charge in [0.15, 0.2) is 0 Å². The van der Waals surface area contributed by atoms with Crippen LogP contribution in [0.15, 0.2) is 48.5 Å². The number of aryl methyl sites for hydroxylation is 2. The van der Waals surface area contributed by atoms with Crippen molar-refractivity contribution >= 4 is 18.4 Å². The lowest BCUT2D eigenvalue weighted by atomic mass is 9.83. The zero-order valence-electron chi connectivity index (χ0n) is 16.0. The third-order valence-corrected chi connectivity index (χ3v) is 5.31. The van der Waals surface area contributed by atoms with Crippen LogP contribution in [0.25, 0.3) is 0 Å². The third-order valence-electron chi connectivity index (χ3n) is 5.31. The van der Waals surface area contributed by atoms with Crippen LogP contribution in [0.5, 0.6) is 0 Å². The summed E-state index contributed by atoms with van der Waals surface area (Å²) in [5.41, 5.74) is 1.50. The van der Waals surface area contributed by atoms with Crippen LogP contribution in [0.3, 0.4) is 0 Å². The molecule has 0 bridgehead atoms. The lowest BCUT2D eigenvalue weighted by Crippen LogP contribution is -2.40. The average molecular weight is 390 g/mol. The molecule has 0 fully saturated rings. The van der Waals surface area contributed by atoms with Gasteiger partial charge >= 0.3 is 5.97 Å². The van der Waals surface area contributed by atoms with Gasteiger partial charge in [0.25, 0.3) is 0 Å². The van der Waals surface area contributed by atoms with E-state index in [0.717, 1.165) is 37.1 Å². The van der Waals surface area contributed by atoms with Crippen LogP contribution in [-0.2, 0) is 28.0 Å². The van der Waals surface area contributed by atoms with Crippen molar-refractivity contribution in [2.75, 3.05) is 26.2 Å². The Balaban J connectivity index is 0.00000261. The second kappa shape index (κ2) is 9.36. The first-order valence-corrected chi connectivity index (χ1v) is 9.40. The summed E-state index contributed by atoms with van der Waals surface area (Å²) in [6.45, 7) is 6.91. The van der Waals surface area contributed by atoms with Crippen LogP contribution in [0, 0.1) is 0 Å². The van der Waals surface area contributed by atoms with Gasteiger partial charge in [-0.1, -0.05) is 62.4 Å². The van der Waals surface area contributed by atoms with Crippen molar-refractivity contribution in [1.29, 1.82) is 0 Å². The number of carbonyl (C=O) groups excluding carboxylic acids is 1. The van der Waals surface area contributed by atoms with Crippen molar-refractivity contribution in [3.63, 3.8) is 0 Å². The molecule has 1 aliphatic carbocycles. The van der Waals surface area contributed by atoms with E-state index in [2.05, 4.69) is 18.7 Å². The molecule has 1 aliphatic rings. The van der Waals surface area contributed by atoms with E-state index in [1.54, 1.807) is 0 Å². The number of benzene rings is 2. The van der Waals surface area contributed by atoms with E-state index in [4.69, 9.17) is 4.74 Å². The summed E-state index contributed by atoms with van der Waals surface area (Å²) in [5, 5.41) is 11.6. The minimum absolute atomic E-state index is 0. The quantitative estimate of drug-likeness (QED) is 0.770. The van der Waals surface area contributed by atoms with Crippen LogP contribution in [0.1, 0.15) is 36.1 Å². The van der Waals surface area contributed by atoms with Gasteiger partial charge in [-0.3, -0.25) is 0 Å². The van der Waals surface area contributed by atoms with Gasteiger partial charge in [0.2, 0.25) is 5.60 Å². The van der Waals surface area contributed by atoms with Crippen LogP contribution < -0.4 is 0 Å². The number of esters is 1. The van der Waals surface area contributed by atoms with Gasteiger partial charge in [-0.2, -0.15) is 0 Å². The van der Waals surface area contributed by atoms with Crippen molar-refractivity contribution < 1.29 is 14.6 Å².